The van der Waals surface area contributed by atoms with Crippen LogP contribution in [0, 0.1) is 19.8 Å². The van der Waals surface area contributed by atoms with Crippen molar-refractivity contribution in [1.82, 2.24) is 14.8 Å². The third kappa shape index (κ3) is 3.40. The first-order valence-electron chi connectivity index (χ1n) is 7.74. The summed E-state index contributed by atoms with van der Waals surface area (Å²) in [5.41, 5.74) is 4.27. The van der Waals surface area contributed by atoms with Gasteiger partial charge < -0.3 is 14.8 Å². The molecule has 0 amide bonds. The molecule has 1 unspecified atom stereocenters. The largest absolute Gasteiger partial charge is 0.349 e. The van der Waals surface area contributed by atoms with Crippen LogP contribution < -0.4 is 5.32 Å². The van der Waals surface area contributed by atoms with E-state index in [0.29, 0.717) is 0 Å². The lowest BCUT2D eigenvalue weighted by Gasteiger charge is -2.14. The summed E-state index contributed by atoms with van der Waals surface area (Å²) in [6, 6.07) is 2.33. The molecule has 108 valence electrons. The molecule has 0 saturated carbocycles. The van der Waals surface area contributed by atoms with Gasteiger partial charge in [0.2, 0.25) is 0 Å². The summed E-state index contributed by atoms with van der Waals surface area (Å²) in [7, 11) is 0. The second-order valence-corrected chi connectivity index (χ2v) is 5.82. The summed E-state index contributed by atoms with van der Waals surface area (Å²) >= 11 is 0. The SMILES string of the molecule is CCN1CCC(CNCc2cc(C)n(CC)c2C)C1. The standard InChI is InChI=1S/C16H29N3/c1-5-18-8-7-15(12-18)10-17-11-16-9-13(3)19(6-2)14(16)4/h9,15,17H,5-8,10-12H2,1-4H3. The Labute approximate surface area is 118 Å². The molecule has 1 atom stereocenters. The Hall–Kier alpha value is -0.800. The molecule has 2 rings (SSSR count). The van der Waals surface area contributed by atoms with Gasteiger partial charge in [-0.25, -0.2) is 0 Å². The van der Waals surface area contributed by atoms with Crippen LogP contribution in [0.25, 0.3) is 0 Å². The number of hydrogen-bond acceptors (Lipinski definition) is 2. The number of aryl methyl sites for hydroxylation is 1. The number of nitrogens with zero attached hydrogens (tertiary/aromatic N) is 2. The van der Waals surface area contributed by atoms with Gasteiger partial charge in [0, 0.05) is 31.0 Å². The first-order chi connectivity index (χ1) is 9.15. The molecule has 0 spiro atoms. The molecule has 1 aromatic rings. The molecule has 1 saturated heterocycles. The second-order valence-electron chi connectivity index (χ2n) is 5.82. The van der Waals surface area contributed by atoms with Crippen LogP contribution in [-0.2, 0) is 13.1 Å². The van der Waals surface area contributed by atoms with Crippen molar-refractivity contribution in [2.75, 3.05) is 26.2 Å². The fourth-order valence-corrected chi connectivity index (χ4v) is 3.32. The smallest absolute Gasteiger partial charge is 0.0223 e. The van der Waals surface area contributed by atoms with Crippen molar-refractivity contribution >= 4 is 0 Å². The summed E-state index contributed by atoms with van der Waals surface area (Å²) < 4.78 is 2.39. The van der Waals surface area contributed by atoms with Crippen LogP contribution in [0.5, 0.6) is 0 Å². The van der Waals surface area contributed by atoms with Crippen molar-refractivity contribution in [2.24, 2.45) is 5.92 Å². The van der Waals surface area contributed by atoms with E-state index in [1.165, 1.54) is 43.0 Å². The molecule has 0 aromatic carbocycles. The number of nitrogens with one attached hydrogen (secondary N) is 1. The Morgan fingerprint density at radius 2 is 2.05 bits per heavy atom. The molecule has 1 aliphatic rings. The summed E-state index contributed by atoms with van der Waals surface area (Å²) in [6.45, 7) is 15.9. The van der Waals surface area contributed by atoms with Crippen LogP contribution in [0.1, 0.15) is 37.2 Å². The molecular formula is C16H29N3. The molecule has 3 heteroatoms. The van der Waals surface area contributed by atoms with E-state index in [9.17, 15) is 0 Å². The maximum Gasteiger partial charge on any atom is 0.0223 e. The Morgan fingerprint density at radius 3 is 2.63 bits per heavy atom. The van der Waals surface area contributed by atoms with E-state index >= 15 is 0 Å². The molecule has 1 aromatic heterocycles. The Morgan fingerprint density at radius 1 is 1.26 bits per heavy atom. The lowest BCUT2D eigenvalue weighted by Crippen LogP contribution is -2.26. The molecule has 1 fully saturated rings. The zero-order valence-electron chi connectivity index (χ0n) is 13.0. The van der Waals surface area contributed by atoms with Gasteiger partial charge in [0.1, 0.15) is 0 Å². The third-order valence-electron chi connectivity index (χ3n) is 4.56. The minimum absolute atomic E-state index is 0.842. The monoisotopic (exact) mass is 263 g/mol. The maximum atomic E-state index is 3.65. The van der Waals surface area contributed by atoms with Crippen LogP contribution in [0.2, 0.25) is 0 Å². The fourth-order valence-electron chi connectivity index (χ4n) is 3.32. The minimum atomic E-state index is 0.842. The quantitative estimate of drug-likeness (QED) is 0.851. The summed E-state index contributed by atoms with van der Waals surface area (Å²) in [5.74, 6) is 0.842. The van der Waals surface area contributed by atoms with Crippen molar-refractivity contribution in [3.63, 3.8) is 0 Å². The molecule has 3 nitrogen and oxygen atoms in total. The Kier molecular flexibility index (Phi) is 5.06. The number of likely N-dealkylation sites (tertiary alicyclic amines) is 1. The lowest BCUT2D eigenvalue weighted by molar-refractivity contribution is 0.339. The van der Waals surface area contributed by atoms with Gasteiger partial charge in [-0.05, 0) is 64.4 Å². The van der Waals surface area contributed by atoms with Gasteiger partial charge in [-0.15, -0.1) is 0 Å². The molecule has 0 bridgehead atoms. The zero-order valence-corrected chi connectivity index (χ0v) is 13.0. The van der Waals surface area contributed by atoms with Crippen LogP contribution in [-0.4, -0.2) is 35.6 Å². The number of aromatic nitrogens is 1. The number of rotatable bonds is 6. The topological polar surface area (TPSA) is 20.2 Å². The van der Waals surface area contributed by atoms with Crippen molar-refractivity contribution in [1.29, 1.82) is 0 Å². The number of hydrogen-bond donors (Lipinski definition) is 1. The van der Waals surface area contributed by atoms with Gasteiger partial charge in [-0.2, -0.15) is 0 Å². The highest BCUT2D eigenvalue weighted by molar-refractivity contribution is 5.26. The van der Waals surface area contributed by atoms with Crippen LogP contribution in [0.3, 0.4) is 0 Å². The fraction of sp³-hybridized carbons (Fsp3) is 0.750. The third-order valence-corrected chi connectivity index (χ3v) is 4.56. The van der Waals surface area contributed by atoms with Gasteiger partial charge in [0.15, 0.2) is 0 Å². The van der Waals surface area contributed by atoms with Crippen LogP contribution in [0.4, 0.5) is 0 Å². The van der Waals surface area contributed by atoms with Gasteiger partial charge in [-0.1, -0.05) is 6.92 Å². The molecule has 0 aliphatic carbocycles. The molecule has 1 N–H and O–H groups in total. The highest BCUT2D eigenvalue weighted by Gasteiger charge is 2.20. The predicted molar refractivity (Wildman–Crippen MR) is 81.5 cm³/mol. The van der Waals surface area contributed by atoms with E-state index < -0.39 is 0 Å². The van der Waals surface area contributed by atoms with E-state index in [2.05, 4.69) is 48.5 Å². The second kappa shape index (κ2) is 6.58. The molecule has 19 heavy (non-hydrogen) atoms. The van der Waals surface area contributed by atoms with Crippen molar-refractivity contribution in [3.05, 3.63) is 23.0 Å². The molecule has 0 radical (unpaired) electrons. The molecule has 1 aliphatic heterocycles. The van der Waals surface area contributed by atoms with E-state index in [1.54, 1.807) is 0 Å². The van der Waals surface area contributed by atoms with Gasteiger partial charge in [0.05, 0.1) is 0 Å². The van der Waals surface area contributed by atoms with Crippen LogP contribution >= 0.6 is 0 Å². The Bertz CT molecular complexity index is 408. The van der Waals surface area contributed by atoms with Crippen LogP contribution in [0.15, 0.2) is 6.07 Å². The molecule has 2 heterocycles. The highest BCUT2D eigenvalue weighted by Crippen LogP contribution is 2.17. The van der Waals surface area contributed by atoms with Gasteiger partial charge in [-0.3, -0.25) is 0 Å². The summed E-state index contributed by atoms with van der Waals surface area (Å²) in [4.78, 5) is 2.55. The highest BCUT2D eigenvalue weighted by atomic mass is 15.1. The molecular weight excluding hydrogens is 234 g/mol. The summed E-state index contributed by atoms with van der Waals surface area (Å²) in [6.07, 6.45) is 1.36. The van der Waals surface area contributed by atoms with E-state index in [-0.39, 0.29) is 0 Å². The first-order valence-corrected chi connectivity index (χ1v) is 7.74. The van der Waals surface area contributed by atoms with Gasteiger partial charge in [0.25, 0.3) is 0 Å². The average molecular weight is 263 g/mol. The van der Waals surface area contributed by atoms with Gasteiger partial charge >= 0.3 is 0 Å². The van der Waals surface area contributed by atoms with Crippen molar-refractivity contribution in [3.8, 4) is 0 Å². The Balaban J connectivity index is 1.80. The maximum absolute atomic E-state index is 3.65. The van der Waals surface area contributed by atoms with Crippen molar-refractivity contribution < 1.29 is 0 Å². The summed E-state index contributed by atoms with van der Waals surface area (Å²) in [5, 5.41) is 3.65. The average Bonchev–Trinajstić information content (AvgIpc) is 2.95. The first kappa shape index (κ1) is 14.6. The lowest BCUT2D eigenvalue weighted by atomic mass is 10.1. The van der Waals surface area contributed by atoms with Crippen molar-refractivity contribution in [2.45, 2.75) is 47.2 Å². The van der Waals surface area contributed by atoms with E-state index in [0.717, 1.165) is 25.6 Å². The zero-order chi connectivity index (χ0) is 13.8. The van der Waals surface area contributed by atoms with E-state index in [1.807, 2.05) is 0 Å². The minimum Gasteiger partial charge on any atom is -0.349 e. The normalized spacial score (nSPS) is 20.3. The van der Waals surface area contributed by atoms with E-state index in [4.69, 9.17) is 0 Å². The predicted octanol–water partition coefficient (Wildman–Crippen LogP) is 2.56.